The second-order valence-electron chi connectivity index (χ2n) is 6.49. The Kier molecular flexibility index (Phi) is 5.46. The Morgan fingerprint density at radius 1 is 1.57 bits per heavy atom. The van der Waals surface area contributed by atoms with Gasteiger partial charge in [0.05, 0.1) is 28.0 Å². The van der Waals surface area contributed by atoms with E-state index in [1.54, 1.807) is 7.11 Å². The van der Waals surface area contributed by atoms with Crippen LogP contribution in [0.15, 0.2) is 10.7 Å². The number of hydrazine groups is 1. The summed E-state index contributed by atoms with van der Waals surface area (Å²) in [7, 11) is 1.80. The maximum absolute atomic E-state index is 6.01. The summed E-state index contributed by atoms with van der Waals surface area (Å²) in [6, 6.07) is 0.196. The maximum atomic E-state index is 6.01. The van der Waals surface area contributed by atoms with Gasteiger partial charge in [0.15, 0.2) is 0 Å². The van der Waals surface area contributed by atoms with E-state index in [1.165, 1.54) is 12.8 Å². The number of hydrogen-bond donors (Lipinski definition) is 2. The van der Waals surface area contributed by atoms with Gasteiger partial charge in [0.1, 0.15) is 0 Å². The van der Waals surface area contributed by atoms with Crippen LogP contribution in [-0.2, 0) is 4.74 Å². The smallest absolute Gasteiger partial charge is 0.0929 e. The van der Waals surface area contributed by atoms with Crippen molar-refractivity contribution in [3.05, 3.63) is 16.4 Å². The minimum absolute atomic E-state index is 0.0791. The average molecular weight is 359 g/mol. The van der Waals surface area contributed by atoms with E-state index in [4.69, 9.17) is 10.6 Å². The second-order valence-corrected chi connectivity index (χ2v) is 7.34. The van der Waals surface area contributed by atoms with Crippen LogP contribution in [0.25, 0.3) is 0 Å². The molecule has 0 amide bonds. The highest BCUT2D eigenvalue weighted by atomic mass is 79.9. The third-order valence-electron chi connectivity index (χ3n) is 4.64. The number of nitrogens with zero attached hydrogens (tertiary/aromatic N) is 2. The highest BCUT2D eigenvalue weighted by Crippen LogP contribution is 2.44. The highest BCUT2D eigenvalue weighted by Gasteiger charge is 2.44. The van der Waals surface area contributed by atoms with Gasteiger partial charge in [0.2, 0.25) is 0 Å². The summed E-state index contributed by atoms with van der Waals surface area (Å²) in [5.41, 5.74) is 3.80. The first-order valence-electron chi connectivity index (χ1n) is 7.69. The van der Waals surface area contributed by atoms with Gasteiger partial charge in [-0.1, -0.05) is 19.8 Å². The molecule has 2 rings (SSSR count). The fourth-order valence-corrected chi connectivity index (χ4v) is 4.12. The molecule has 1 saturated carbocycles. The van der Waals surface area contributed by atoms with E-state index < -0.39 is 0 Å². The lowest BCUT2D eigenvalue weighted by Crippen LogP contribution is -2.51. The second kappa shape index (κ2) is 6.77. The lowest BCUT2D eigenvalue weighted by molar-refractivity contribution is -0.0827. The molecule has 0 aromatic carbocycles. The zero-order valence-corrected chi connectivity index (χ0v) is 15.0. The standard InChI is InChI=1S/C15H27BrN4O/c1-10(2)20-13(12(16)9-18-20)14(19-17)15(21-4)7-5-6-11(3)8-15/h9-11,14,19H,5-8,17H2,1-4H3. The molecule has 0 saturated heterocycles. The minimum atomic E-state index is -0.276. The Morgan fingerprint density at radius 3 is 2.81 bits per heavy atom. The normalized spacial score (nSPS) is 28.0. The summed E-state index contributed by atoms with van der Waals surface area (Å²) in [6.45, 7) is 6.54. The summed E-state index contributed by atoms with van der Waals surface area (Å²) in [6.07, 6.45) is 6.29. The first-order valence-corrected chi connectivity index (χ1v) is 8.48. The lowest BCUT2D eigenvalue weighted by Gasteiger charge is -2.44. The molecule has 0 radical (unpaired) electrons. The van der Waals surface area contributed by atoms with Crippen molar-refractivity contribution >= 4 is 15.9 Å². The van der Waals surface area contributed by atoms with Crippen LogP contribution in [0.4, 0.5) is 0 Å². The molecule has 1 fully saturated rings. The van der Waals surface area contributed by atoms with Gasteiger partial charge >= 0.3 is 0 Å². The molecule has 1 heterocycles. The van der Waals surface area contributed by atoms with Crippen LogP contribution < -0.4 is 11.3 Å². The van der Waals surface area contributed by atoms with Gasteiger partial charge in [0.25, 0.3) is 0 Å². The number of ether oxygens (including phenoxy) is 1. The maximum Gasteiger partial charge on any atom is 0.0929 e. The number of rotatable bonds is 5. The van der Waals surface area contributed by atoms with Crippen LogP contribution >= 0.6 is 15.9 Å². The monoisotopic (exact) mass is 358 g/mol. The van der Waals surface area contributed by atoms with E-state index >= 15 is 0 Å². The van der Waals surface area contributed by atoms with Crippen LogP contribution in [-0.4, -0.2) is 22.5 Å². The Morgan fingerprint density at radius 2 is 2.29 bits per heavy atom. The quantitative estimate of drug-likeness (QED) is 0.625. The van der Waals surface area contributed by atoms with Crippen LogP contribution in [0.2, 0.25) is 0 Å². The molecule has 1 aliphatic rings. The Bertz CT molecular complexity index is 476. The van der Waals surface area contributed by atoms with E-state index in [1.807, 2.05) is 10.9 Å². The fraction of sp³-hybridized carbons (Fsp3) is 0.800. The first kappa shape index (κ1) is 16.9. The predicted octanol–water partition coefficient (Wildman–Crippen LogP) is 3.33. The molecule has 3 unspecified atom stereocenters. The van der Waals surface area contributed by atoms with Gasteiger partial charge in [-0.05, 0) is 48.5 Å². The third kappa shape index (κ3) is 3.18. The van der Waals surface area contributed by atoms with Gasteiger partial charge in [-0.2, -0.15) is 5.10 Å². The molecule has 120 valence electrons. The predicted molar refractivity (Wildman–Crippen MR) is 87.7 cm³/mol. The van der Waals surface area contributed by atoms with Gasteiger partial charge in [-0.25, -0.2) is 5.43 Å². The SMILES string of the molecule is COC1(C(NN)c2c(Br)cnn2C(C)C)CCCC(C)C1. The van der Waals surface area contributed by atoms with Crippen molar-refractivity contribution in [3.63, 3.8) is 0 Å². The van der Waals surface area contributed by atoms with Crippen molar-refractivity contribution in [2.75, 3.05) is 7.11 Å². The molecule has 3 atom stereocenters. The van der Waals surface area contributed by atoms with Gasteiger partial charge in [-0.3, -0.25) is 10.5 Å². The first-order chi connectivity index (χ1) is 9.95. The molecule has 1 aromatic rings. The molecular formula is C15H27BrN4O. The summed E-state index contributed by atoms with van der Waals surface area (Å²) < 4.78 is 9.01. The number of nitrogens with one attached hydrogen (secondary N) is 1. The lowest BCUT2D eigenvalue weighted by atomic mass is 9.73. The van der Waals surface area contributed by atoms with E-state index in [2.05, 4.69) is 47.2 Å². The van der Waals surface area contributed by atoms with E-state index in [9.17, 15) is 0 Å². The molecule has 1 aromatic heterocycles. The van der Waals surface area contributed by atoms with Crippen molar-refractivity contribution in [1.29, 1.82) is 0 Å². The van der Waals surface area contributed by atoms with Crippen LogP contribution in [0.1, 0.15) is 64.2 Å². The highest BCUT2D eigenvalue weighted by molar-refractivity contribution is 9.10. The largest absolute Gasteiger partial charge is 0.376 e. The number of methoxy groups -OCH3 is 1. The topological polar surface area (TPSA) is 65.1 Å². The Hall–Kier alpha value is -0.430. The van der Waals surface area contributed by atoms with E-state index in [0.717, 1.165) is 23.0 Å². The van der Waals surface area contributed by atoms with Crippen molar-refractivity contribution in [2.24, 2.45) is 11.8 Å². The zero-order valence-electron chi connectivity index (χ0n) is 13.4. The third-order valence-corrected chi connectivity index (χ3v) is 5.25. The molecule has 1 aliphatic carbocycles. The molecule has 5 nitrogen and oxygen atoms in total. The van der Waals surface area contributed by atoms with E-state index in [0.29, 0.717) is 5.92 Å². The number of hydrogen-bond acceptors (Lipinski definition) is 4. The molecule has 3 N–H and O–H groups in total. The summed E-state index contributed by atoms with van der Waals surface area (Å²) in [5.74, 6) is 6.59. The Balaban J connectivity index is 2.45. The number of nitrogens with two attached hydrogens (primary N) is 1. The Labute approximate surface area is 135 Å². The van der Waals surface area contributed by atoms with Crippen molar-refractivity contribution < 1.29 is 4.74 Å². The van der Waals surface area contributed by atoms with Crippen LogP contribution in [0.3, 0.4) is 0 Å². The zero-order chi connectivity index (χ0) is 15.6. The fourth-order valence-electron chi connectivity index (χ4n) is 3.62. The van der Waals surface area contributed by atoms with E-state index in [-0.39, 0.29) is 17.7 Å². The van der Waals surface area contributed by atoms with Gasteiger partial charge < -0.3 is 4.74 Å². The van der Waals surface area contributed by atoms with Crippen LogP contribution in [0, 0.1) is 5.92 Å². The van der Waals surface area contributed by atoms with Crippen molar-refractivity contribution in [3.8, 4) is 0 Å². The molecule has 6 heteroatoms. The molecule has 0 spiro atoms. The summed E-state index contributed by atoms with van der Waals surface area (Å²) in [4.78, 5) is 0. The van der Waals surface area contributed by atoms with Gasteiger partial charge in [-0.15, -0.1) is 0 Å². The molecule has 21 heavy (non-hydrogen) atoms. The van der Waals surface area contributed by atoms with Crippen molar-refractivity contribution in [2.45, 2.75) is 64.1 Å². The average Bonchev–Trinajstić information content (AvgIpc) is 2.82. The van der Waals surface area contributed by atoms with Crippen molar-refractivity contribution in [1.82, 2.24) is 15.2 Å². The van der Waals surface area contributed by atoms with Gasteiger partial charge in [0, 0.05) is 13.2 Å². The molecule has 0 aliphatic heterocycles. The van der Waals surface area contributed by atoms with Crippen LogP contribution in [0.5, 0.6) is 0 Å². The minimum Gasteiger partial charge on any atom is -0.376 e. The summed E-state index contributed by atoms with van der Waals surface area (Å²) in [5, 5.41) is 4.48. The molecular weight excluding hydrogens is 332 g/mol. The number of halogens is 1. The number of aromatic nitrogens is 2. The molecule has 0 bridgehead atoms. The summed E-state index contributed by atoms with van der Waals surface area (Å²) >= 11 is 3.63.